The molecule has 0 saturated heterocycles. The van der Waals surface area contributed by atoms with E-state index in [4.69, 9.17) is 0 Å². The second-order valence-corrected chi connectivity index (χ2v) is 4.65. The van der Waals surface area contributed by atoms with Gasteiger partial charge in [-0.2, -0.15) is 0 Å². The Balaban J connectivity index is 2.01. The molecule has 0 nitrogen and oxygen atoms in total. The van der Waals surface area contributed by atoms with Crippen LogP contribution in [0, 0.1) is 11.8 Å². The van der Waals surface area contributed by atoms with Crippen LogP contribution in [0.1, 0.15) is 26.7 Å². The van der Waals surface area contributed by atoms with Gasteiger partial charge in [0, 0.05) is 4.91 Å². The first-order valence-electron chi connectivity index (χ1n) is 4.23. The summed E-state index contributed by atoms with van der Waals surface area (Å²) in [4.78, 5) is 1.23. The Morgan fingerprint density at radius 3 is 2.82 bits per heavy atom. The van der Waals surface area contributed by atoms with Crippen LogP contribution >= 0.6 is 11.8 Å². The standard InChI is InChI=1S/C10H16S/c1-4-9(3)11-6-5-10-7-8(10)2/h8,10H,1,5-7H2,2-3H3. The Hall–Kier alpha value is -0.130. The summed E-state index contributed by atoms with van der Waals surface area (Å²) in [6, 6.07) is 0. The summed E-state index contributed by atoms with van der Waals surface area (Å²) in [7, 11) is 0. The van der Waals surface area contributed by atoms with Crippen molar-refractivity contribution in [2.75, 3.05) is 5.75 Å². The largest absolute Gasteiger partial charge is 0.122 e. The highest BCUT2D eigenvalue weighted by atomic mass is 32.2. The van der Waals surface area contributed by atoms with Crippen LogP contribution in [0.25, 0.3) is 0 Å². The smallest absolute Gasteiger partial charge is 0.0228 e. The van der Waals surface area contributed by atoms with Crippen molar-refractivity contribution < 1.29 is 0 Å². The van der Waals surface area contributed by atoms with Gasteiger partial charge in [-0.1, -0.05) is 13.5 Å². The number of allylic oxidation sites excluding steroid dienone is 1. The molecule has 1 heteroatoms. The van der Waals surface area contributed by atoms with Gasteiger partial charge < -0.3 is 0 Å². The summed E-state index contributed by atoms with van der Waals surface area (Å²) in [5.74, 6) is 3.28. The minimum atomic E-state index is 1.00. The third-order valence-corrected chi connectivity index (χ3v) is 3.35. The highest BCUT2D eigenvalue weighted by molar-refractivity contribution is 8.03. The van der Waals surface area contributed by atoms with Crippen molar-refractivity contribution in [3.05, 3.63) is 17.2 Å². The van der Waals surface area contributed by atoms with Gasteiger partial charge in [0.05, 0.1) is 0 Å². The summed E-state index contributed by atoms with van der Waals surface area (Å²) < 4.78 is 0. The van der Waals surface area contributed by atoms with Crippen LogP contribution in [-0.2, 0) is 0 Å². The molecule has 0 radical (unpaired) electrons. The van der Waals surface area contributed by atoms with Crippen LogP contribution in [0.2, 0.25) is 0 Å². The van der Waals surface area contributed by atoms with E-state index in [9.17, 15) is 0 Å². The van der Waals surface area contributed by atoms with E-state index < -0.39 is 0 Å². The monoisotopic (exact) mass is 168 g/mol. The first kappa shape index (κ1) is 8.96. The van der Waals surface area contributed by atoms with E-state index in [1.54, 1.807) is 0 Å². The molecule has 1 aliphatic rings. The molecule has 0 spiro atoms. The third kappa shape index (κ3) is 3.18. The third-order valence-electron chi connectivity index (χ3n) is 2.33. The molecular weight excluding hydrogens is 152 g/mol. The molecule has 2 atom stereocenters. The molecule has 62 valence electrons. The first-order chi connectivity index (χ1) is 5.24. The molecule has 0 heterocycles. The molecule has 11 heavy (non-hydrogen) atoms. The minimum Gasteiger partial charge on any atom is -0.122 e. The normalized spacial score (nSPS) is 27.8. The Bertz CT molecular complexity index is 177. The molecule has 1 aliphatic carbocycles. The van der Waals surface area contributed by atoms with Crippen LogP contribution in [-0.4, -0.2) is 5.75 Å². The van der Waals surface area contributed by atoms with Gasteiger partial charge in [-0.3, -0.25) is 0 Å². The lowest BCUT2D eigenvalue weighted by molar-refractivity contribution is 0.731. The number of rotatable bonds is 4. The van der Waals surface area contributed by atoms with Gasteiger partial charge in [0.15, 0.2) is 0 Å². The fraction of sp³-hybridized carbons (Fsp3) is 0.700. The molecule has 0 amide bonds. The lowest BCUT2D eigenvalue weighted by Gasteiger charge is -1.97. The second kappa shape index (κ2) is 4.04. The predicted molar refractivity (Wildman–Crippen MR) is 52.7 cm³/mol. The lowest BCUT2D eigenvalue weighted by atomic mass is 10.3. The van der Waals surface area contributed by atoms with Crippen LogP contribution in [0.15, 0.2) is 17.2 Å². The molecular formula is C10H16S. The molecule has 0 aromatic heterocycles. The first-order valence-corrected chi connectivity index (χ1v) is 5.22. The van der Waals surface area contributed by atoms with Crippen molar-refractivity contribution >= 4 is 11.8 Å². The number of hydrogen-bond acceptors (Lipinski definition) is 1. The maximum Gasteiger partial charge on any atom is 0.0228 e. The Labute approximate surface area is 73.8 Å². The van der Waals surface area contributed by atoms with Crippen LogP contribution < -0.4 is 0 Å². The van der Waals surface area contributed by atoms with Gasteiger partial charge in [0.2, 0.25) is 0 Å². The van der Waals surface area contributed by atoms with Crippen molar-refractivity contribution in [3.8, 4) is 0 Å². The summed E-state index contributed by atoms with van der Waals surface area (Å²) in [5, 5.41) is 0. The van der Waals surface area contributed by atoms with Gasteiger partial charge in [0.25, 0.3) is 0 Å². The molecule has 0 bridgehead atoms. The van der Waals surface area contributed by atoms with Gasteiger partial charge >= 0.3 is 0 Å². The molecule has 0 aliphatic heterocycles. The van der Waals surface area contributed by atoms with Crippen molar-refractivity contribution in [1.29, 1.82) is 0 Å². The van der Waals surface area contributed by atoms with E-state index in [1.807, 2.05) is 11.8 Å². The van der Waals surface area contributed by atoms with E-state index in [0.29, 0.717) is 0 Å². The molecule has 2 unspecified atom stereocenters. The van der Waals surface area contributed by atoms with E-state index in [2.05, 4.69) is 26.2 Å². The Morgan fingerprint density at radius 2 is 2.36 bits per heavy atom. The van der Waals surface area contributed by atoms with Crippen molar-refractivity contribution in [1.82, 2.24) is 0 Å². The molecule has 0 N–H and O–H groups in total. The number of hydrogen-bond donors (Lipinski definition) is 0. The fourth-order valence-corrected chi connectivity index (χ4v) is 2.04. The van der Waals surface area contributed by atoms with Crippen molar-refractivity contribution in [2.24, 2.45) is 11.8 Å². The van der Waals surface area contributed by atoms with Crippen LogP contribution in [0.5, 0.6) is 0 Å². The fourth-order valence-electron chi connectivity index (χ4n) is 1.22. The topological polar surface area (TPSA) is 0 Å². The summed E-state index contributed by atoms with van der Waals surface area (Å²) >= 11 is 1.89. The van der Waals surface area contributed by atoms with Gasteiger partial charge in [-0.25, -0.2) is 0 Å². The number of thioether (sulfide) groups is 1. The van der Waals surface area contributed by atoms with Gasteiger partial charge in [0.1, 0.15) is 0 Å². The zero-order valence-corrected chi connectivity index (χ0v) is 8.21. The highest BCUT2D eigenvalue weighted by Crippen LogP contribution is 2.41. The molecule has 0 aromatic carbocycles. The van der Waals surface area contributed by atoms with E-state index >= 15 is 0 Å². The van der Waals surface area contributed by atoms with Gasteiger partial charge in [-0.05, 0) is 37.4 Å². The molecule has 0 aromatic rings. The summed E-state index contributed by atoms with van der Waals surface area (Å²) in [6.45, 7) is 8.02. The summed E-state index contributed by atoms with van der Waals surface area (Å²) in [6.07, 6.45) is 2.84. The van der Waals surface area contributed by atoms with Crippen molar-refractivity contribution in [3.63, 3.8) is 0 Å². The Morgan fingerprint density at radius 1 is 1.73 bits per heavy atom. The second-order valence-electron chi connectivity index (χ2n) is 3.34. The zero-order valence-electron chi connectivity index (χ0n) is 7.39. The SMILES string of the molecule is C=C=C(C)SCCC1CC1C. The van der Waals surface area contributed by atoms with Crippen LogP contribution in [0.4, 0.5) is 0 Å². The lowest BCUT2D eigenvalue weighted by Crippen LogP contribution is -1.83. The molecule has 1 rings (SSSR count). The minimum absolute atomic E-state index is 1.00. The quantitative estimate of drug-likeness (QED) is 0.579. The summed E-state index contributed by atoms with van der Waals surface area (Å²) in [5.41, 5.74) is 2.90. The maximum atomic E-state index is 3.61. The van der Waals surface area contributed by atoms with E-state index in [0.717, 1.165) is 11.8 Å². The Kier molecular flexibility index (Phi) is 3.29. The molecule has 1 saturated carbocycles. The zero-order chi connectivity index (χ0) is 8.27. The molecule has 1 fully saturated rings. The highest BCUT2D eigenvalue weighted by Gasteiger charge is 2.31. The predicted octanol–water partition coefficient (Wildman–Crippen LogP) is 3.45. The van der Waals surface area contributed by atoms with E-state index in [-0.39, 0.29) is 0 Å². The van der Waals surface area contributed by atoms with Gasteiger partial charge in [-0.15, -0.1) is 17.5 Å². The van der Waals surface area contributed by atoms with Crippen molar-refractivity contribution in [2.45, 2.75) is 26.7 Å². The van der Waals surface area contributed by atoms with Crippen LogP contribution in [0.3, 0.4) is 0 Å². The van der Waals surface area contributed by atoms with E-state index in [1.165, 1.54) is 23.5 Å². The average molecular weight is 168 g/mol. The maximum absolute atomic E-state index is 3.61. The average Bonchev–Trinajstić information content (AvgIpc) is 2.66.